The highest BCUT2D eigenvalue weighted by molar-refractivity contribution is 6.17. The van der Waals surface area contributed by atoms with Gasteiger partial charge in [-0.2, -0.15) is 13.2 Å². The lowest BCUT2D eigenvalue weighted by molar-refractivity contribution is -0.138. The molecule has 0 aliphatic heterocycles. The van der Waals surface area contributed by atoms with Gasteiger partial charge in [0.1, 0.15) is 0 Å². The molecule has 0 unspecified atom stereocenters. The molecule has 2 rings (SSSR count). The van der Waals surface area contributed by atoms with Crippen LogP contribution in [-0.4, -0.2) is 0 Å². The fourth-order valence-corrected chi connectivity index (χ4v) is 1.85. The monoisotopic (exact) mass is 234 g/mol. The van der Waals surface area contributed by atoms with Crippen molar-refractivity contribution in [1.29, 1.82) is 0 Å². The second-order valence-electron chi connectivity index (χ2n) is 3.83. The molecule has 0 atom stereocenters. The molecule has 1 aromatic carbocycles. The van der Waals surface area contributed by atoms with Gasteiger partial charge in [0.15, 0.2) is 0 Å². The summed E-state index contributed by atoms with van der Waals surface area (Å²) in [6.45, 7) is 0. The van der Waals surface area contributed by atoms with Crippen molar-refractivity contribution in [3.05, 3.63) is 34.9 Å². The molecule has 4 heteroatoms. The van der Waals surface area contributed by atoms with Gasteiger partial charge in [-0.15, -0.1) is 11.6 Å². The predicted octanol–water partition coefficient (Wildman–Crippen LogP) is 4.32. The van der Waals surface area contributed by atoms with Crippen LogP contribution in [0.1, 0.15) is 35.4 Å². The van der Waals surface area contributed by atoms with E-state index in [0.29, 0.717) is 5.56 Å². The molecular formula is C11H10ClF3. The van der Waals surface area contributed by atoms with Crippen molar-refractivity contribution < 1.29 is 13.2 Å². The second-order valence-corrected chi connectivity index (χ2v) is 4.09. The Morgan fingerprint density at radius 2 is 1.93 bits per heavy atom. The summed E-state index contributed by atoms with van der Waals surface area (Å²) in [5, 5.41) is 0. The number of halogens is 4. The van der Waals surface area contributed by atoms with Gasteiger partial charge in [-0.1, -0.05) is 12.1 Å². The highest BCUT2D eigenvalue weighted by Crippen LogP contribution is 2.46. The standard InChI is InChI=1S/C11H10ClF3/c12-6-7-1-4-10(11(13,14)15)9(5-7)8-2-3-8/h1,4-5,8H,2-3,6H2. The summed E-state index contributed by atoms with van der Waals surface area (Å²) < 4.78 is 37.9. The average Bonchev–Trinajstić information content (AvgIpc) is 2.98. The van der Waals surface area contributed by atoms with E-state index < -0.39 is 11.7 Å². The minimum Gasteiger partial charge on any atom is -0.166 e. The topological polar surface area (TPSA) is 0 Å². The maximum absolute atomic E-state index is 12.6. The molecule has 0 nitrogen and oxygen atoms in total. The Bertz CT molecular complexity index is 367. The number of alkyl halides is 4. The van der Waals surface area contributed by atoms with Crippen molar-refractivity contribution in [2.45, 2.75) is 30.8 Å². The van der Waals surface area contributed by atoms with Gasteiger partial charge in [-0.25, -0.2) is 0 Å². The van der Waals surface area contributed by atoms with E-state index in [1.165, 1.54) is 6.07 Å². The van der Waals surface area contributed by atoms with E-state index in [9.17, 15) is 13.2 Å². The molecule has 0 bridgehead atoms. The third-order valence-corrected chi connectivity index (χ3v) is 2.90. The third-order valence-electron chi connectivity index (χ3n) is 2.59. The zero-order valence-corrected chi connectivity index (χ0v) is 8.70. The summed E-state index contributed by atoms with van der Waals surface area (Å²) in [5.41, 5.74) is 0.672. The molecule has 0 saturated heterocycles. The molecule has 15 heavy (non-hydrogen) atoms. The Kier molecular flexibility index (Phi) is 2.67. The summed E-state index contributed by atoms with van der Waals surface area (Å²) in [7, 11) is 0. The molecule has 0 spiro atoms. The van der Waals surface area contributed by atoms with Crippen LogP contribution in [-0.2, 0) is 12.1 Å². The van der Waals surface area contributed by atoms with E-state index in [0.717, 1.165) is 24.5 Å². The van der Waals surface area contributed by atoms with Crippen molar-refractivity contribution >= 4 is 11.6 Å². The highest BCUT2D eigenvalue weighted by atomic mass is 35.5. The molecule has 0 radical (unpaired) electrons. The van der Waals surface area contributed by atoms with Gasteiger partial charge in [0.25, 0.3) is 0 Å². The summed E-state index contributed by atoms with van der Waals surface area (Å²) >= 11 is 5.61. The van der Waals surface area contributed by atoms with Gasteiger partial charge < -0.3 is 0 Å². The zero-order chi connectivity index (χ0) is 11.1. The van der Waals surface area contributed by atoms with E-state index in [-0.39, 0.29) is 11.8 Å². The summed E-state index contributed by atoms with van der Waals surface area (Å²) in [6, 6.07) is 4.18. The highest BCUT2D eigenvalue weighted by Gasteiger charge is 2.37. The van der Waals surface area contributed by atoms with Gasteiger partial charge in [0, 0.05) is 5.88 Å². The minimum absolute atomic E-state index is 0.0878. The summed E-state index contributed by atoms with van der Waals surface area (Å²) in [4.78, 5) is 0. The molecule has 1 aliphatic carbocycles. The van der Waals surface area contributed by atoms with E-state index in [1.54, 1.807) is 6.07 Å². The Balaban J connectivity index is 2.45. The molecule has 82 valence electrons. The van der Waals surface area contributed by atoms with Crippen molar-refractivity contribution in [2.75, 3.05) is 0 Å². The van der Waals surface area contributed by atoms with Gasteiger partial charge in [-0.05, 0) is 36.0 Å². The maximum atomic E-state index is 12.6. The van der Waals surface area contributed by atoms with Crippen LogP contribution in [0.5, 0.6) is 0 Å². The fraction of sp³-hybridized carbons (Fsp3) is 0.455. The molecule has 1 aliphatic rings. The number of hydrogen-bond acceptors (Lipinski definition) is 0. The van der Waals surface area contributed by atoms with E-state index in [1.807, 2.05) is 0 Å². The molecule has 0 heterocycles. The van der Waals surface area contributed by atoms with Crippen LogP contribution in [0.2, 0.25) is 0 Å². The lowest BCUT2D eigenvalue weighted by Gasteiger charge is -2.13. The fourth-order valence-electron chi connectivity index (χ4n) is 1.69. The van der Waals surface area contributed by atoms with Crippen LogP contribution < -0.4 is 0 Å². The van der Waals surface area contributed by atoms with Crippen LogP contribution >= 0.6 is 11.6 Å². The van der Waals surface area contributed by atoms with E-state index >= 15 is 0 Å². The first-order valence-corrected chi connectivity index (χ1v) is 5.32. The normalized spacial score (nSPS) is 16.8. The SMILES string of the molecule is FC(F)(F)c1ccc(CCl)cc1C1CC1. The van der Waals surface area contributed by atoms with Gasteiger partial charge in [0.05, 0.1) is 5.56 Å². The van der Waals surface area contributed by atoms with E-state index in [2.05, 4.69) is 0 Å². The number of benzene rings is 1. The molecule has 1 aromatic rings. The zero-order valence-electron chi connectivity index (χ0n) is 7.94. The quantitative estimate of drug-likeness (QED) is 0.669. The lowest BCUT2D eigenvalue weighted by Crippen LogP contribution is -2.09. The molecule has 0 N–H and O–H groups in total. The van der Waals surface area contributed by atoms with Crippen LogP contribution in [0.25, 0.3) is 0 Å². The van der Waals surface area contributed by atoms with Gasteiger partial charge in [-0.3, -0.25) is 0 Å². The van der Waals surface area contributed by atoms with Crippen molar-refractivity contribution in [1.82, 2.24) is 0 Å². The van der Waals surface area contributed by atoms with Crippen LogP contribution in [0, 0.1) is 0 Å². The Morgan fingerprint density at radius 3 is 2.40 bits per heavy atom. The van der Waals surface area contributed by atoms with Crippen molar-refractivity contribution in [3.8, 4) is 0 Å². The Morgan fingerprint density at radius 1 is 1.27 bits per heavy atom. The Labute approximate surface area is 91.1 Å². The van der Waals surface area contributed by atoms with Gasteiger partial charge in [0.2, 0.25) is 0 Å². The van der Waals surface area contributed by atoms with Gasteiger partial charge >= 0.3 is 6.18 Å². The molecule has 0 aromatic heterocycles. The average molecular weight is 235 g/mol. The Hall–Kier alpha value is -0.700. The molecule has 1 fully saturated rings. The largest absolute Gasteiger partial charge is 0.416 e. The first-order chi connectivity index (χ1) is 7.02. The van der Waals surface area contributed by atoms with Crippen LogP contribution in [0.4, 0.5) is 13.2 Å². The minimum atomic E-state index is -4.25. The van der Waals surface area contributed by atoms with Crippen LogP contribution in [0.15, 0.2) is 18.2 Å². The smallest absolute Gasteiger partial charge is 0.166 e. The summed E-state index contributed by atoms with van der Waals surface area (Å²) in [6.07, 6.45) is -2.54. The number of hydrogen-bond donors (Lipinski definition) is 0. The second kappa shape index (κ2) is 3.71. The first-order valence-electron chi connectivity index (χ1n) is 4.78. The molecule has 1 saturated carbocycles. The maximum Gasteiger partial charge on any atom is 0.416 e. The first kappa shape index (κ1) is 10.8. The van der Waals surface area contributed by atoms with Crippen molar-refractivity contribution in [2.24, 2.45) is 0 Å². The predicted molar refractivity (Wildman–Crippen MR) is 53.0 cm³/mol. The molecule has 0 amide bonds. The van der Waals surface area contributed by atoms with Crippen molar-refractivity contribution in [3.63, 3.8) is 0 Å². The molecular weight excluding hydrogens is 225 g/mol. The number of rotatable bonds is 2. The summed E-state index contributed by atoms with van der Waals surface area (Å²) in [5.74, 6) is 0.350. The third kappa shape index (κ3) is 2.28. The lowest BCUT2D eigenvalue weighted by atomic mass is 10.0. The van der Waals surface area contributed by atoms with Crippen LogP contribution in [0.3, 0.4) is 0 Å². The van der Waals surface area contributed by atoms with E-state index in [4.69, 9.17) is 11.6 Å².